The van der Waals surface area contributed by atoms with E-state index in [1.807, 2.05) is 43.3 Å². The topological polar surface area (TPSA) is 70.1 Å². The highest BCUT2D eigenvalue weighted by Crippen LogP contribution is 2.04. The number of aromatic nitrogens is 2. The van der Waals surface area contributed by atoms with E-state index in [1.165, 1.54) is 6.07 Å². The van der Waals surface area contributed by atoms with E-state index in [1.54, 1.807) is 13.1 Å². The van der Waals surface area contributed by atoms with Crippen molar-refractivity contribution >= 4 is 18.2 Å². The lowest BCUT2D eigenvalue weighted by molar-refractivity contribution is 1.04. The molecule has 0 aliphatic rings. The third kappa shape index (κ3) is 4.20. The predicted octanol–water partition coefficient (Wildman–Crippen LogP) is 2.58. The predicted molar refractivity (Wildman–Crippen MR) is 81.8 cm³/mol. The van der Waals surface area contributed by atoms with E-state index in [4.69, 9.17) is 0 Å². The summed E-state index contributed by atoms with van der Waals surface area (Å²) in [6.45, 7) is 3.70. The molecule has 0 radical (unpaired) electrons. The zero-order chi connectivity index (χ0) is 14.4. The van der Waals surface area contributed by atoms with Crippen molar-refractivity contribution in [2.75, 3.05) is 5.43 Å². The Morgan fingerprint density at radius 2 is 2.10 bits per heavy atom. The van der Waals surface area contributed by atoms with Crippen molar-refractivity contribution in [2.24, 2.45) is 5.10 Å². The summed E-state index contributed by atoms with van der Waals surface area (Å²) in [5, 5.41) is 4.04. The number of nitrogens with one attached hydrogen (secondary N) is 2. The molecule has 1 heterocycles. The van der Waals surface area contributed by atoms with Gasteiger partial charge in [-0.05, 0) is 25.0 Å². The lowest BCUT2D eigenvalue weighted by atomic mass is 10.1. The molecular formula is C15H16N4O. The molecule has 2 aromatic rings. The number of rotatable bonds is 4. The minimum atomic E-state index is -0.202. The summed E-state index contributed by atoms with van der Waals surface area (Å²) in [6.07, 6.45) is 3.69. The standard InChI is InChI=1S/C15H16N4O/c1-11(8-13-6-4-3-5-7-13)10-16-19-15-17-12(2)9-14(20)18-15/h3-10H,1-2H3,(H2,17,18,19,20)/b11-8+,16-10+. The van der Waals surface area contributed by atoms with E-state index in [2.05, 4.69) is 20.5 Å². The second kappa shape index (κ2) is 6.47. The van der Waals surface area contributed by atoms with Crippen molar-refractivity contribution in [1.29, 1.82) is 0 Å². The monoisotopic (exact) mass is 268 g/mol. The summed E-state index contributed by atoms with van der Waals surface area (Å²) < 4.78 is 0. The van der Waals surface area contributed by atoms with E-state index in [0.29, 0.717) is 11.6 Å². The number of allylic oxidation sites excluding steroid dienone is 1. The Morgan fingerprint density at radius 3 is 2.80 bits per heavy atom. The van der Waals surface area contributed by atoms with Gasteiger partial charge in [0, 0.05) is 11.8 Å². The number of H-pyrrole nitrogens is 1. The summed E-state index contributed by atoms with van der Waals surface area (Å²) >= 11 is 0. The molecule has 2 rings (SSSR count). The molecule has 1 aromatic heterocycles. The lowest BCUT2D eigenvalue weighted by Gasteiger charge is -1.99. The van der Waals surface area contributed by atoms with Gasteiger partial charge < -0.3 is 0 Å². The van der Waals surface area contributed by atoms with Crippen LogP contribution in [0.15, 0.2) is 51.9 Å². The fourth-order valence-electron chi connectivity index (χ4n) is 1.68. The molecule has 5 nitrogen and oxygen atoms in total. The Kier molecular flexibility index (Phi) is 4.44. The molecule has 0 spiro atoms. The lowest BCUT2D eigenvalue weighted by Crippen LogP contribution is -2.10. The van der Waals surface area contributed by atoms with E-state index < -0.39 is 0 Å². The molecular weight excluding hydrogens is 252 g/mol. The fraction of sp³-hybridized carbons (Fsp3) is 0.133. The fourth-order valence-corrected chi connectivity index (χ4v) is 1.68. The van der Waals surface area contributed by atoms with E-state index in [-0.39, 0.29) is 5.56 Å². The Labute approximate surface area is 117 Å². The van der Waals surface area contributed by atoms with Crippen LogP contribution in [0.5, 0.6) is 0 Å². The first-order valence-corrected chi connectivity index (χ1v) is 6.24. The Morgan fingerprint density at radius 1 is 1.35 bits per heavy atom. The summed E-state index contributed by atoms with van der Waals surface area (Å²) in [5.41, 5.74) is 5.24. The van der Waals surface area contributed by atoms with Gasteiger partial charge in [0.15, 0.2) is 0 Å². The van der Waals surface area contributed by atoms with Gasteiger partial charge in [-0.15, -0.1) is 0 Å². The molecule has 1 aromatic carbocycles. The molecule has 0 unspecified atom stereocenters. The Hall–Kier alpha value is -2.69. The molecule has 0 saturated carbocycles. The maximum atomic E-state index is 11.3. The van der Waals surface area contributed by atoms with Crippen LogP contribution in [-0.4, -0.2) is 16.2 Å². The van der Waals surface area contributed by atoms with Gasteiger partial charge in [0.2, 0.25) is 5.95 Å². The van der Waals surface area contributed by atoms with Crippen molar-refractivity contribution in [2.45, 2.75) is 13.8 Å². The normalized spacial score (nSPS) is 11.8. The molecule has 0 aliphatic carbocycles. The number of hydrogen-bond donors (Lipinski definition) is 2. The van der Waals surface area contributed by atoms with E-state index in [0.717, 1.165) is 11.1 Å². The number of nitrogens with zero attached hydrogens (tertiary/aromatic N) is 2. The van der Waals surface area contributed by atoms with E-state index in [9.17, 15) is 4.79 Å². The number of benzene rings is 1. The quantitative estimate of drug-likeness (QED) is 0.661. The first-order chi connectivity index (χ1) is 9.63. The summed E-state index contributed by atoms with van der Waals surface area (Å²) in [5.74, 6) is 0.332. The summed E-state index contributed by atoms with van der Waals surface area (Å²) in [6, 6.07) is 11.4. The molecule has 0 bridgehead atoms. The number of aromatic amines is 1. The Balaban J connectivity index is 2.03. The number of aryl methyl sites for hydroxylation is 1. The smallest absolute Gasteiger partial charge is 0.252 e. The van der Waals surface area contributed by atoms with Gasteiger partial charge in [0.1, 0.15) is 0 Å². The first kappa shape index (κ1) is 13.7. The average Bonchev–Trinajstić information content (AvgIpc) is 2.38. The van der Waals surface area contributed by atoms with Gasteiger partial charge >= 0.3 is 0 Å². The van der Waals surface area contributed by atoms with Crippen molar-refractivity contribution < 1.29 is 0 Å². The van der Waals surface area contributed by atoms with Crippen LogP contribution in [0.3, 0.4) is 0 Å². The molecule has 5 heteroatoms. The minimum absolute atomic E-state index is 0.202. The van der Waals surface area contributed by atoms with Gasteiger partial charge in [-0.25, -0.2) is 10.4 Å². The second-order valence-corrected chi connectivity index (χ2v) is 4.40. The molecule has 102 valence electrons. The summed E-state index contributed by atoms with van der Waals surface area (Å²) in [7, 11) is 0. The number of anilines is 1. The third-order valence-electron chi connectivity index (χ3n) is 2.50. The molecule has 0 fully saturated rings. The molecule has 20 heavy (non-hydrogen) atoms. The number of hydrazone groups is 1. The van der Waals surface area contributed by atoms with Crippen LogP contribution in [0.2, 0.25) is 0 Å². The zero-order valence-corrected chi connectivity index (χ0v) is 11.4. The summed E-state index contributed by atoms with van der Waals surface area (Å²) in [4.78, 5) is 17.9. The second-order valence-electron chi connectivity index (χ2n) is 4.40. The van der Waals surface area contributed by atoms with Gasteiger partial charge in [0.25, 0.3) is 5.56 Å². The highest BCUT2D eigenvalue weighted by atomic mass is 16.1. The maximum Gasteiger partial charge on any atom is 0.252 e. The molecule has 2 N–H and O–H groups in total. The Bertz CT molecular complexity index is 687. The van der Waals surface area contributed by atoms with E-state index >= 15 is 0 Å². The van der Waals surface area contributed by atoms with Crippen molar-refractivity contribution in [3.05, 3.63) is 63.6 Å². The van der Waals surface area contributed by atoms with Gasteiger partial charge in [-0.2, -0.15) is 5.10 Å². The minimum Gasteiger partial charge on any atom is -0.291 e. The molecule has 0 aliphatic heterocycles. The van der Waals surface area contributed by atoms with Gasteiger partial charge in [-0.3, -0.25) is 9.78 Å². The van der Waals surface area contributed by atoms with Crippen molar-refractivity contribution in [3.8, 4) is 0 Å². The average molecular weight is 268 g/mol. The molecule has 0 saturated heterocycles. The van der Waals surface area contributed by atoms with Crippen LogP contribution in [0.4, 0.5) is 5.95 Å². The van der Waals surface area contributed by atoms with Crippen LogP contribution in [0.1, 0.15) is 18.2 Å². The van der Waals surface area contributed by atoms with Crippen molar-refractivity contribution in [1.82, 2.24) is 9.97 Å². The van der Waals surface area contributed by atoms with Crippen LogP contribution < -0.4 is 11.0 Å². The SMILES string of the molecule is CC(/C=N/Nc1nc(C)cc(=O)[nH]1)=C\c1ccccc1. The molecule has 0 atom stereocenters. The highest BCUT2D eigenvalue weighted by Gasteiger charge is 1.95. The number of hydrogen-bond acceptors (Lipinski definition) is 4. The zero-order valence-electron chi connectivity index (χ0n) is 11.4. The maximum absolute atomic E-state index is 11.3. The molecule has 0 amide bonds. The van der Waals surface area contributed by atoms with Crippen LogP contribution in [0.25, 0.3) is 6.08 Å². The van der Waals surface area contributed by atoms with Gasteiger partial charge in [-0.1, -0.05) is 36.4 Å². The van der Waals surface area contributed by atoms with Crippen LogP contribution >= 0.6 is 0 Å². The van der Waals surface area contributed by atoms with Crippen LogP contribution in [-0.2, 0) is 0 Å². The third-order valence-corrected chi connectivity index (χ3v) is 2.50. The largest absolute Gasteiger partial charge is 0.291 e. The van der Waals surface area contributed by atoms with Crippen molar-refractivity contribution in [3.63, 3.8) is 0 Å². The van der Waals surface area contributed by atoms with Gasteiger partial charge in [0.05, 0.1) is 6.21 Å². The van der Waals surface area contributed by atoms with Crippen LogP contribution in [0, 0.1) is 6.92 Å². The first-order valence-electron chi connectivity index (χ1n) is 6.24. The highest BCUT2D eigenvalue weighted by molar-refractivity contribution is 5.85.